The molecular formula is C14H18N2O3. The third kappa shape index (κ3) is 3.19. The van der Waals surface area contributed by atoms with Crippen LogP contribution in [0.15, 0.2) is 30.0 Å². The highest BCUT2D eigenvalue weighted by molar-refractivity contribution is 6.04. The van der Waals surface area contributed by atoms with Gasteiger partial charge in [0.05, 0.1) is 19.9 Å². The summed E-state index contributed by atoms with van der Waals surface area (Å²) in [6.45, 7) is 0.916. The molecule has 0 radical (unpaired) electrons. The number of benzene rings is 1. The molecule has 0 bridgehead atoms. The Morgan fingerprint density at radius 3 is 2.79 bits per heavy atom. The monoisotopic (exact) mass is 262 g/mol. The van der Waals surface area contributed by atoms with Gasteiger partial charge in [-0.3, -0.25) is 4.79 Å². The van der Waals surface area contributed by atoms with E-state index in [0.29, 0.717) is 17.2 Å². The zero-order chi connectivity index (χ0) is 13.7. The van der Waals surface area contributed by atoms with Crippen molar-refractivity contribution in [1.82, 2.24) is 5.32 Å². The van der Waals surface area contributed by atoms with Gasteiger partial charge in [-0.2, -0.15) is 0 Å². The number of hydrogen-bond acceptors (Lipinski definition) is 4. The van der Waals surface area contributed by atoms with Crippen LogP contribution < -0.4 is 20.1 Å². The molecule has 0 saturated carbocycles. The molecule has 1 heterocycles. The molecule has 0 aliphatic carbocycles. The van der Waals surface area contributed by atoms with E-state index < -0.39 is 0 Å². The summed E-state index contributed by atoms with van der Waals surface area (Å²) in [6.07, 6.45) is 3.52. The SMILES string of the molecule is COc1ccc(OC)c(NC(=O)C2=CNCCC2)c1. The number of hydrogen-bond donors (Lipinski definition) is 2. The summed E-state index contributed by atoms with van der Waals surface area (Å²) in [5.41, 5.74) is 1.36. The van der Waals surface area contributed by atoms with Crippen LogP contribution in [-0.2, 0) is 4.79 Å². The van der Waals surface area contributed by atoms with E-state index >= 15 is 0 Å². The minimum absolute atomic E-state index is 0.112. The molecular weight excluding hydrogens is 244 g/mol. The molecule has 1 aliphatic heterocycles. The molecule has 19 heavy (non-hydrogen) atoms. The second-order valence-electron chi connectivity index (χ2n) is 4.25. The number of amides is 1. The van der Waals surface area contributed by atoms with E-state index in [9.17, 15) is 4.79 Å². The summed E-state index contributed by atoms with van der Waals surface area (Å²) >= 11 is 0. The molecule has 1 amide bonds. The van der Waals surface area contributed by atoms with Crippen molar-refractivity contribution in [2.45, 2.75) is 12.8 Å². The van der Waals surface area contributed by atoms with E-state index in [2.05, 4.69) is 10.6 Å². The van der Waals surface area contributed by atoms with Crippen LogP contribution in [0.5, 0.6) is 11.5 Å². The van der Waals surface area contributed by atoms with Gasteiger partial charge in [0.25, 0.3) is 5.91 Å². The van der Waals surface area contributed by atoms with E-state index in [-0.39, 0.29) is 5.91 Å². The number of carbonyl (C=O) groups is 1. The molecule has 1 aromatic rings. The smallest absolute Gasteiger partial charge is 0.253 e. The van der Waals surface area contributed by atoms with Crippen molar-refractivity contribution in [2.75, 3.05) is 26.1 Å². The Morgan fingerprint density at radius 2 is 2.16 bits per heavy atom. The van der Waals surface area contributed by atoms with Crippen LogP contribution in [0.1, 0.15) is 12.8 Å². The Hall–Kier alpha value is -2.17. The number of carbonyl (C=O) groups excluding carboxylic acids is 1. The van der Waals surface area contributed by atoms with E-state index in [1.54, 1.807) is 38.6 Å². The number of rotatable bonds is 4. The minimum atomic E-state index is -0.112. The van der Waals surface area contributed by atoms with Crippen LogP contribution in [0.4, 0.5) is 5.69 Å². The first kappa shape index (κ1) is 13.3. The summed E-state index contributed by atoms with van der Waals surface area (Å²) in [5, 5.41) is 5.93. The van der Waals surface area contributed by atoms with Crippen molar-refractivity contribution >= 4 is 11.6 Å². The average Bonchev–Trinajstić information content (AvgIpc) is 2.48. The molecule has 5 heteroatoms. The first-order valence-corrected chi connectivity index (χ1v) is 6.20. The van der Waals surface area contributed by atoms with Crippen molar-refractivity contribution < 1.29 is 14.3 Å². The lowest BCUT2D eigenvalue weighted by Gasteiger charge is -2.16. The summed E-state index contributed by atoms with van der Waals surface area (Å²) in [7, 11) is 3.15. The zero-order valence-electron chi connectivity index (χ0n) is 11.2. The van der Waals surface area contributed by atoms with Crippen LogP contribution in [0, 0.1) is 0 Å². The third-order valence-electron chi connectivity index (χ3n) is 2.99. The Labute approximate surface area is 112 Å². The molecule has 0 unspecified atom stereocenters. The molecule has 0 spiro atoms. The maximum Gasteiger partial charge on any atom is 0.253 e. The Bertz CT molecular complexity index is 497. The van der Waals surface area contributed by atoms with Crippen molar-refractivity contribution in [3.05, 3.63) is 30.0 Å². The molecule has 0 saturated heterocycles. The van der Waals surface area contributed by atoms with Crippen molar-refractivity contribution in [3.63, 3.8) is 0 Å². The highest BCUT2D eigenvalue weighted by Gasteiger charge is 2.14. The van der Waals surface area contributed by atoms with Crippen LogP contribution in [0.25, 0.3) is 0 Å². The Balaban J connectivity index is 2.17. The van der Waals surface area contributed by atoms with E-state index in [0.717, 1.165) is 25.0 Å². The summed E-state index contributed by atoms with van der Waals surface area (Å²) in [6, 6.07) is 5.30. The normalized spacial score (nSPS) is 14.1. The molecule has 102 valence electrons. The van der Waals surface area contributed by atoms with Gasteiger partial charge in [-0.15, -0.1) is 0 Å². The van der Waals surface area contributed by atoms with Gasteiger partial charge in [0.15, 0.2) is 0 Å². The number of anilines is 1. The fourth-order valence-electron chi connectivity index (χ4n) is 1.94. The zero-order valence-corrected chi connectivity index (χ0v) is 11.2. The molecule has 2 rings (SSSR count). The van der Waals surface area contributed by atoms with Gasteiger partial charge in [0.2, 0.25) is 0 Å². The first-order valence-electron chi connectivity index (χ1n) is 6.20. The molecule has 1 aliphatic rings. The number of ether oxygens (including phenoxy) is 2. The van der Waals surface area contributed by atoms with E-state index in [1.807, 2.05) is 0 Å². The largest absolute Gasteiger partial charge is 0.497 e. The topological polar surface area (TPSA) is 59.6 Å². The number of methoxy groups -OCH3 is 2. The molecule has 0 aromatic heterocycles. The van der Waals surface area contributed by atoms with E-state index in [1.165, 1.54) is 0 Å². The standard InChI is InChI=1S/C14H18N2O3/c1-18-11-5-6-13(19-2)12(8-11)16-14(17)10-4-3-7-15-9-10/h5-6,8-9,15H,3-4,7H2,1-2H3,(H,16,17). The van der Waals surface area contributed by atoms with Gasteiger partial charge < -0.3 is 20.1 Å². The Kier molecular flexibility index (Phi) is 4.28. The van der Waals surface area contributed by atoms with Crippen LogP contribution in [0.3, 0.4) is 0 Å². The predicted molar refractivity (Wildman–Crippen MR) is 73.5 cm³/mol. The average molecular weight is 262 g/mol. The lowest BCUT2D eigenvalue weighted by Crippen LogP contribution is -2.22. The van der Waals surface area contributed by atoms with Gasteiger partial charge in [0, 0.05) is 24.4 Å². The molecule has 5 nitrogen and oxygen atoms in total. The van der Waals surface area contributed by atoms with Gasteiger partial charge in [-0.25, -0.2) is 0 Å². The van der Waals surface area contributed by atoms with Gasteiger partial charge in [-0.1, -0.05) is 0 Å². The fourth-order valence-corrected chi connectivity index (χ4v) is 1.94. The first-order chi connectivity index (χ1) is 9.24. The molecule has 2 N–H and O–H groups in total. The van der Waals surface area contributed by atoms with Crippen LogP contribution in [0.2, 0.25) is 0 Å². The quantitative estimate of drug-likeness (QED) is 0.870. The lowest BCUT2D eigenvalue weighted by atomic mass is 10.1. The van der Waals surface area contributed by atoms with Gasteiger partial charge in [0.1, 0.15) is 11.5 Å². The maximum atomic E-state index is 12.1. The van der Waals surface area contributed by atoms with Crippen molar-refractivity contribution in [1.29, 1.82) is 0 Å². The lowest BCUT2D eigenvalue weighted by molar-refractivity contribution is -0.113. The second kappa shape index (κ2) is 6.13. The Morgan fingerprint density at radius 1 is 1.32 bits per heavy atom. The van der Waals surface area contributed by atoms with Crippen LogP contribution in [-0.4, -0.2) is 26.7 Å². The van der Waals surface area contributed by atoms with Gasteiger partial charge in [-0.05, 0) is 25.0 Å². The third-order valence-corrected chi connectivity index (χ3v) is 2.99. The molecule has 0 atom stereocenters. The molecule has 0 fully saturated rings. The summed E-state index contributed by atoms with van der Waals surface area (Å²) < 4.78 is 10.4. The van der Waals surface area contributed by atoms with Crippen LogP contribution >= 0.6 is 0 Å². The van der Waals surface area contributed by atoms with Gasteiger partial charge >= 0.3 is 0 Å². The number of nitrogens with one attached hydrogen (secondary N) is 2. The maximum absolute atomic E-state index is 12.1. The summed E-state index contributed by atoms with van der Waals surface area (Å²) in [4.78, 5) is 12.1. The fraction of sp³-hybridized carbons (Fsp3) is 0.357. The highest BCUT2D eigenvalue weighted by atomic mass is 16.5. The van der Waals surface area contributed by atoms with E-state index in [4.69, 9.17) is 9.47 Å². The highest BCUT2D eigenvalue weighted by Crippen LogP contribution is 2.29. The minimum Gasteiger partial charge on any atom is -0.497 e. The van der Waals surface area contributed by atoms with Crippen molar-refractivity contribution in [2.24, 2.45) is 0 Å². The molecule has 1 aromatic carbocycles. The summed E-state index contributed by atoms with van der Waals surface area (Å²) in [5.74, 6) is 1.17. The van der Waals surface area contributed by atoms with Crippen molar-refractivity contribution in [3.8, 4) is 11.5 Å². The second-order valence-corrected chi connectivity index (χ2v) is 4.25. The predicted octanol–water partition coefficient (Wildman–Crippen LogP) is 1.91.